The van der Waals surface area contributed by atoms with Crippen molar-refractivity contribution in [1.29, 1.82) is 0 Å². The normalized spacial score (nSPS) is 13.4. The summed E-state index contributed by atoms with van der Waals surface area (Å²) in [5.41, 5.74) is 13.0. The summed E-state index contributed by atoms with van der Waals surface area (Å²) < 4.78 is 40.7. The quantitative estimate of drug-likeness (QED) is 0.199. The van der Waals surface area contributed by atoms with Crippen molar-refractivity contribution in [3.8, 4) is 0 Å². The van der Waals surface area contributed by atoms with Crippen LogP contribution in [0.25, 0.3) is 21.8 Å². The molecule has 0 aliphatic heterocycles. The number of ether oxygens (including phenoxy) is 2. The highest BCUT2D eigenvalue weighted by Gasteiger charge is 2.14. The largest absolute Gasteiger partial charge is 0.442 e. The van der Waals surface area contributed by atoms with Crippen molar-refractivity contribution in [2.45, 2.75) is 25.5 Å². The Bertz CT molecular complexity index is 1370. The van der Waals surface area contributed by atoms with Crippen molar-refractivity contribution in [2.75, 3.05) is 0 Å². The molecule has 0 radical (unpaired) electrons. The lowest BCUT2D eigenvalue weighted by Crippen LogP contribution is -2.32. The van der Waals surface area contributed by atoms with Crippen molar-refractivity contribution in [3.05, 3.63) is 82.6 Å². The highest BCUT2D eigenvalue weighted by Crippen LogP contribution is 2.25. The van der Waals surface area contributed by atoms with Gasteiger partial charge in [0.2, 0.25) is 0 Å². The molecule has 0 aliphatic carbocycles. The predicted octanol–water partition coefficient (Wildman–Crippen LogP) is 4.09. The zero-order valence-corrected chi connectivity index (χ0v) is 20.0. The van der Waals surface area contributed by atoms with E-state index in [-0.39, 0.29) is 23.1 Å². The highest BCUT2D eigenvalue weighted by atomic mass is 35.5. The Morgan fingerprint density at radius 2 is 1.19 bits per heavy atom. The van der Waals surface area contributed by atoms with Gasteiger partial charge in [0.1, 0.15) is 11.6 Å². The summed E-state index contributed by atoms with van der Waals surface area (Å²) in [5.74, 6) is -2.84. The number of fused-ring (bicyclic) bond motifs is 2. The minimum Gasteiger partial charge on any atom is -0.442 e. The molecule has 12 heteroatoms. The minimum absolute atomic E-state index is 0.0460. The minimum atomic E-state index is -1.06. The molecule has 2 aromatic carbocycles. The number of aromatic nitrogens is 2. The first-order valence-corrected chi connectivity index (χ1v) is 11.3. The molecule has 0 fully saturated rings. The van der Waals surface area contributed by atoms with Gasteiger partial charge in [-0.25, -0.2) is 18.4 Å². The average Bonchev–Trinajstić information content (AvgIpc) is 3.36. The van der Waals surface area contributed by atoms with Gasteiger partial charge < -0.3 is 18.6 Å². The molecule has 8 nitrogen and oxygen atoms in total. The molecule has 2 atom stereocenters. The van der Waals surface area contributed by atoms with Crippen LogP contribution in [-0.2, 0) is 32.2 Å². The van der Waals surface area contributed by atoms with Gasteiger partial charge in [-0.15, -0.1) is 0 Å². The number of hydrogen-bond donors (Lipinski definition) is 2. The van der Waals surface area contributed by atoms with Gasteiger partial charge in [-0.3, -0.25) is 11.5 Å². The van der Waals surface area contributed by atoms with Crippen LogP contribution in [0.4, 0.5) is 8.78 Å². The molecule has 4 rings (SSSR count). The Morgan fingerprint density at radius 3 is 1.58 bits per heavy atom. The molecule has 0 amide bonds. The van der Waals surface area contributed by atoms with Crippen LogP contribution >= 0.6 is 23.2 Å². The van der Waals surface area contributed by atoms with E-state index in [0.29, 0.717) is 21.8 Å². The number of rotatable bonds is 8. The molecule has 2 heterocycles. The van der Waals surface area contributed by atoms with Crippen LogP contribution in [0.1, 0.15) is 0 Å². The first-order valence-electron chi connectivity index (χ1n) is 10.6. The van der Waals surface area contributed by atoms with E-state index in [1.807, 2.05) is 0 Å². The van der Waals surface area contributed by atoms with Crippen LogP contribution in [0, 0.1) is 11.6 Å². The SMILES string of the molecule is NC(Cn1ccc2cc(F)c(Cl)cc21)OC(=O)/C=C/C(=O)OC(N)Cn1ccc2cc(F)c(Cl)cc21. The Hall–Kier alpha value is -3.44. The van der Waals surface area contributed by atoms with Crippen LogP contribution in [0.2, 0.25) is 10.0 Å². The Morgan fingerprint density at radius 1 is 0.806 bits per heavy atom. The molecule has 0 bridgehead atoms. The van der Waals surface area contributed by atoms with Gasteiger partial charge in [-0.2, -0.15) is 0 Å². The third kappa shape index (κ3) is 5.85. The molecule has 2 aromatic heterocycles. The molecule has 0 aliphatic rings. The van der Waals surface area contributed by atoms with E-state index in [1.54, 1.807) is 33.7 Å². The zero-order chi connectivity index (χ0) is 26.0. The van der Waals surface area contributed by atoms with E-state index >= 15 is 0 Å². The first-order chi connectivity index (χ1) is 17.1. The predicted molar refractivity (Wildman–Crippen MR) is 131 cm³/mol. The second-order valence-electron chi connectivity index (χ2n) is 7.87. The van der Waals surface area contributed by atoms with E-state index in [1.165, 1.54) is 24.3 Å². The molecular formula is C24H20Cl2F2N4O4. The summed E-state index contributed by atoms with van der Waals surface area (Å²) in [7, 11) is 0. The molecule has 4 aromatic rings. The fraction of sp³-hybridized carbons (Fsp3) is 0.167. The van der Waals surface area contributed by atoms with Gasteiger partial charge in [-0.1, -0.05) is 23.2 Å². The van der Waals surface area contributed by atoms with E-state index in [2.05, 4.69) is 0 Å². The molecular weight excluding hydrogens is 517 g/mol. The van der Waals surface area contributed by atoms with Gasteiger partial charge in [0.25, 0.3) is 0 Å². The number of carbonyl (C=O) groups excluding carboxylic acids is 2. The lowest BCUT2D eigenvalue weighted by Gasteiger charge is -2.14. The number of halogens is 4. The summed E-state index contributed by atoms with van der Waals surface area (Å²) in [5, 5.41) is 1.13. The molecule has 0 saturated heterocycles. The number of nitrogens with two attached hydrogens (primary N) is 2. The molecule has 0 spiro atoms. The van der Waals surface area contributed by atoms with Gasteiger partial charge in [0.15, 0.2) is 12.5 Å². The Balaban J connectivity index is 1.29. The fourth-order valence-electron chi connectivity index (χ4n) is 3.66. The van der Waals surface area contributed by atoms with Crippen molar-refractivity contribution < 1.29 is 27.8 Å². The van der Waals surface area contributed by atoms with Crippen molar-refractivity contribution >= 4 is 56.9 Å². The van der Waals surface area contributed by atoms with Crippen LogP contribution < -0.4 is 11.5 Å². The van der Waals surface area contributed by atoms with E-state index in [0.717, 1.165) is 12.2 Å². The molecule has 188 valence electrons. The second-order valence-corrected chi connectivity index (χ2v) is 8.68. The molecule has 36 heavy (non-hydrogen) atoms. The fourth-order valence-corrected chi connectivity index (χ4v) is 3.98. The maximum absolute atomic E-state index is 13.6. The average molecular weight is 537 g/mol. The summed E-state index contributed by atoms with van der Waals surface area (Å²) in [6, 6.07) is 8.82. The standard InChI is InChI=1S/C24H20Cl2F2N4O4/c25-15-9-19-13(7-17(15)27)3-5-31(19)11-21(29)35-23(33)1-2-24(34)36-22(30)12-32-6-4-14-8-18(28)16(26)10-20(14)32/h1-10,21-22H,11-12,29-30H2/b2-1+. The summed E-state index contributed by atoms with van der Waals surface area (Å²) in [4.78, 5) is 24.1. The Labute approximate surface area is 213 Å². The van der Waals surface area contributed by atoms with Gasteiger partial charge >= 0.3 is 11.9 Å². The van der Waals surface area contributed by atoms with E-state index in [4.69, 9.17) is 44.1 Å². The molecule has 2 unspecified atom stereocenters. The summed E-state index contributed by atoms with van der Waals surface area (Å²) in [6.07, 6.45) is 2.92. The number of carbonyl (C=O) groups is 2. The first kappa shape index (κ1) is 25.6. The van der Waals surface area contributed by atoms with Crippen LogP contribution in [0.5, 0.6) is 0 Å². The highest BCUT2D eigenvalue weighted by molar-refractivity contribution is 6.31. The number of nitrogens with zero attached hydrogens (tertiary/aromatic N) is 2. The van der Waals surface area contributed by atoms with Gasteiger partial charge in [-0.05, 0) is 36.4 Å². The lowest BCUT2D eigenvalue weighted by molar-refractivity contribution is -0.146. The Kier molecular flexibility index (Phi) is 7.60. The number of hydrogen-bond acceptors (Lipinski definition) is 6. The topological polar surface area (TPSA) is 114 Å². The van der Waals surface area contributed by atoms with Crippen molar-refractivity contribution in [2.24, 2.45) is 11.5 Å². The van der Waals surface area contributed by atoms with Gasteiger partial charge in [0.05, 0.1) is 23.1 Å². The molecule has 0 saturated carbocycles. The third-order valence-electron chi connectivity index (χ3n) is 5.27. The summed E-state index contributed by atoms with van der Waals surface area (Å²) >= 11 is 11.7. The second kappa shape index (κ2) is 10.7. The van der Waals surface area contributed by atoms with Crippen LogP contribution in [-0.4, -0.2) is 33.5 Å². The maximum Gasteiger partial charge on any atom is 0.332 e. The maximum atomic E-state index is 13.6. The van der Waals surface area contributed by atoms with Crippen molar-refractivity contribution in [1.82, 2.24) is 9.13 Å². The van der Waals surface area contributed by atoms with Crippen LogP contribution in [0.15, 0.2) is 60.9 Å². The van der Waals surface area contributed by atoms with Gasteiger partial charge in [0, 0.05) is 46.4 Å². The number of benzene rings is 2. The van der Waals surface area contributed by atoms with E-state index < -0.39 is 36.0 Å². The zero-order valence-electron chi connectivity index (χ0n) is 18.5. The lowest BCUT2D eigenvalue weighted by atomic mass is 10.2. The smallest absolute Gasteiger partial charge is 0.332 e. The monoisotopic (exact) mass is 536 g/mol. The third-order valence-corrected chi connectivity index (χ3v) is 5.85. The number of esters is 2. The molecule has 4 N–H and O–H groups in total. The van der Waals surface area contributed by atoms with E-state index in [9.17, 15) is 18.4 Å². The summed E-state index contributed by atoms with van der Waals surface area (Å²) in [6.45, 7) is 0.137. The van der Waals surface area contributed by atoms with Crippen LogP contribution in [0.3, 0.4) is 0 Å². The van der Waals surface area contributed by atoms with Crippen molar-refractivity contribution in [3.63, 3.8) is 0 Å².